The summed E-state index contributed by atoms with van der Waals surface area (Å²) in [6.45, 7) is 5.29. The quantitative estimate of drug-likeness (QED) is 0.869. The second kappa shape index (κ2) is 6.63. The summed E-state index contributed by atoms with van der Waals surface area (Å²) in [6.07, 6.45) is 2.91. The van der Waals surface area contributed by atoms with Gasteiger partial charge in [0.15, 0.2) is 0 Å². The zero-order valence-electron chi connectivity index (χ0n) is 11.4. The predicted octanol–water partition coefficient (Wildman–Crippen LogP) is 1.82. The van der Waals surface area contributed by atoms with Crippen LogP contribution in [-0.2, 0) is 7.05 Å². The van der Waals surface area contributed by atoms with Gasteiger partial charge in [0.25, 0.3) is 0 Å². The van der Waals surface area contributed by atoms with E-state index in [1.165, 1.54) is 17.3 Å². The van der Waals surface area contributed by atoms with Gasteiger partial charge >= 0.3 is 0 Å². The summed E-state index contributed by atoms with van der Waals surface area (Å²) in [6, 6.07) is 4.31. The average molecular weight is 278 g/mol. The summed E-state index contributed by atoms with van der Waals surface area (Å²) >= 11 is 1.49. The molecular weight excluding hydrogens is 260 g/mol. The molecule has 0 aliphatic rings. The Balaban J connectivity index is 2.18. The first kappa shape index (κ1) is 14.0. The van der Waals surface area contributed by atoms with Crippen molar-refractivity contribution in [1.82, 2.24) is 30.5 Å². The lowest BCUT2D eigenvalue weighted by molar-refractivity contribution is 0.559. The normalized spacial score (nSPS) is 12.6. The highest BCUT2D eigenvalue weighted by Gasteiger charge is 2.14. The highest BCUT2D eigenvalue weighted by Crippen LogP contribution is 2.29. The van der Waals surface area contributed by atoms with E-state index in [-0.39, 0.29) is 6.04 Å². The maximum Gasteiger partial charge on any atom is 0.215 e. The molecule has 0 spiro atoms. The fourth-order valence-corrected chi connectivity index (χ4v) is 2.58. The van der Waals surface area contributed by atoms with Crippen molar-refractivity contribution in [3.8, 4) is 0 Å². The molecule has 0 saturated carbocycles. The van der Waals surface area contributed by atoms with Crippen molar-refractivity contribution in [3.05, 3.63) is 23.9 Å². The van der Waals surface area contributed by atoms with E-state index in [1.54, 1.807) is 10.9 Å². The molecule has 0 fully saturated rings. The van der Waals surface area contributed by atoms with Crippen LogP contribution in [0.2, 0.25) is 0 Å². The molecule has 1 N–H and O–H groups in total. The molecule has 6 nitrogen and oxygen atoms in total. The molecule has 102 valence electrons. The highest BCUT2D eigenvalue weighted by molar-refractivity contribution is 7.99. The first-order valence-corrected chi connectivity index (χ1v) is 7.12. The molecule has 19 heavy (non-hydrogen) atoms. The third kappa shape index (κ3) is 3.51. The van der Waals surface area contributed by atoms with Gasteiger partial charge in [0.05, 0.1) is 0 Å². The largest absolute Gasteiger partial charge is 0.310 e. The van der Waals surface area contributed by atoms with Gasteiger partial charge in [-0.3, -0.25) is 0 Å². The number of hydrogen-bond acceptors (Lipinski definition) is 6. The topological polar surface area (TPSA) is 68.5 Å². The first-order valence-electron chi connectivity index (χ1n) is 6.31. The highest BCUT2D eigenvalue weighted by atomic mass is 32.2. The Morgan fingerprint density at radius 2 is 2.32 bits per heavy atom. The Bertz CT molecular complexity index is 526. The van der Waals surface area contributed by atoms with Crippen LogP contribution in [0.5, 0.6) is 0 Å². The van der Waals surface area contributed by atoms with Crippen molar-refractivity contribution in [1.29, 1.82) is 0 Å². The Labute approximate surface area is 117 Å². The zero-order chi connectivity index (χ0) is 13.7. The van der Waals surface area contributed by atoms with Gasteiger partial charge in [-0.25, -0.2) is 9.67 Å². The molecule has 2 rings (SSSR count). The first-order chi connectivity index (χ1) is 9.22. The Kier molecular flexibility index (Phi) is 4.86. The van der Waals surface area contributed by atoms with Crippen LogP contribution in [0, 0.1) is 0 Å². The molecule has 1 atom stereocenters. The van der Waals surface area contributed by atoms with Crippen LogP contribution in [0.4, 0.5) is 0 Å². The van der Waals surface area contributed by atoms with Crippen LogP contribution in [0.15, 0.2) is 28.5 Å². The fraction of sp³-hybridized carbons (Fsp3) is 0.500. The van der Waals surface area contributed by atoms with E-state index in [4.69, 9.17) is 0 Å². The standard InChI is InChI=1S/C12H18N6S/c1-4-7-13-9(2)10-6-5-8-14-11(10)19-12-15-16-17-18(12)3/h5-6,8-9,13H,4,7H2,1-3H3. The lowest BCUT2D eigenvalue weighted by Crippen LogP contribution is -2.20. The van der Waals surface area contributed by atoms with Crippen molar-refractivity contribution in [2.75, 3.05) is 6.54 Å². The molecule has 2 aromatic rings. The molecule has 0 aliphatic carbocycles. The molecule has 0 amide bonds. The summed E-state index contributed by atoms with van der Waals surface area (Å²) in [5, 5.41) is 16.6. The van der Waals surface area contributed by atoms with Gasteiger partial charge in [-0.05, 0) is 48.1 Å². The zero-order valence-corrected chi connectivity index (χ0v) is 12.2. The van der Waals surface area contributed by atoms with Crippen LogP contribution in [-0.4, -0.2) is 31.7 Å². The van der Waals surface area contributed by atoms with Gasteiger partial charge in [0.2, 0.25) is 5.16 Å². The summed E-state index contributed by atoms with van der Waals surface area (Å²) in [4.78, 5) is 4.44. The summed E-state index contributed by atoms with van der Waals surface area (Å²) < 4.78 is 1.65. The second-order valence-electron chi connectivity index (χ2n) is 4.26. The van der Waals surface area contributed by atoms with Crippen LogP contribution >= 0.6 is 11.8 Å². The van der Waals surface area contributed by atoms with Gasteiger partial charge in [-0.1, -0.05) is 13.0 Å². The number of tetrazole rings is 1. The van der Waals surface area contributed by atoms with E-state index >= 15 is 0 Å². The Morgan fingerprint density at radius 3 is 3.00 bits per heavy atom. The van der Waals surface area contributed by atoms with E-state index in [9.17, 15) is 0 Å². The number of hydrogen-bond donors (Lipinski definition) is 1. The molecule has 2 heterocycles. The predicted molar refractivity (Wildman–Crippen MR) is 73.9 cm³/mol. The van der Waals surface area contributed by atoms with Crippen LogP contribution in [0.1, 0.15) is 31.9 Å². The maximum atomic E-state index is 4.44. The van der Waals surface area contributed by atoms with Crippen molar-refractivity contribution >= 4 is 11.8 Å². The van der Waals surface area contributed by atoms with Crippen molar-refractivity contribution in [3.63, 3.8) is 0 Å². The molecule has 2 aromatic heterocycles. The van der Waals surface area contributed by atoms with Gasteiger partial charge < -0.3 is 5.32 Å². The van der Waals surface area contributed by atoms with E-state index < -0.39 is 0 Å². The molecular formula is C12H18N6S. The average Bonchev–Trinajstić information content (AvgIpc) is 2.82. The number of nitrogens with zero attached hydrogens (tertiary/aromatic N) is 5. The third-order valence-electron chi connectivity index (χ3n) is 2.74. The monoisotopic (exact) mass is 278 g/mol. The van der Waals surface area contributed by atoms with Gasteiger partial charge in [-0.15, -0.1) is 5.10 Å². The lowest BCUT2D eigenvalue weighted by Gasteiger charge is -2.16. The molecule has 0 saturated heterocycles. The molecule has 0 bridgehead atoms. The minimum Gasteiger partial charge on any atom is -0.310 e. The van der Waals surface area contributed by atoms with Gasteiger partial charge in [0, 0.05) is 24.8 Å². The minimum absolute atomic E-state index is 0.261. The molecule has 0 radical (unpaired) electrons. The maximum absolute atomic E-state index is 4.44. The van der Waals surface area contributed by atoms with E-state index in [0.717, 1.165) is 23.1 Å². The Morgan fingerprint density at radius 1 is 1.47 bits per heavy atom. The number of nitrogens with one attached hydrogen (secondary N) is 1. The third-order valence-corrected chi connectivity index (χ3v) is 3.80. The molecule has 0 aromatic carbocycles. The smallest absolute Gasteiger partial charge is 0.215 e. The van der Waals surface area contributed by atoms with Crippen LogP contribution in [0.25, 0.3) is 0 Å². The number of pyridine rings is 1. The Hall–Kier alpha value is -1.47. The van der Waals surface area contributed by atoms with Crippen LogP contribution in [0.3, 0.4) is 0 Å². The van der Waals surface area contributed by atoms with Crippen molar-refractivity contribution < 1.29 is 0 Å². The fourth-order valence-electron chi connectivity index (χ4n) is 1.68. The van der Waals surface area contributed by atoms with Crippen molar-refractivity contribution in [2.45, 2.75) is 36.5 Å². The summed E-state index contributed by atoms with van der Waals surface area (Å²) in [5.41, 5.74) is 1.17. The summed E-state index contributed by atoms with van der Waals surface area (Å²) in [5.74, 6) is 0. The molecule has 1 unspecified atom stereocenters. The molecule has 7 heteroatoms. The summed E-state index contributed by atoms with van der Waals surface area (Å²) in [7, 11) is 1.82. The van der Waals surface area contributed by atoms with Crippen molar-refractivity contribution in [2.24, 2.45) is 7.05 Å². The number of rotatable bonds is 6. The minimum atomic E-state index is 0.261. The molecule has 0 aliphatic heterocycles. The lowest BCUT2D eigenvalue weighted by atomic mass is 10.1. The number of aromatic nitrogens is 5. The second-order valence-corrected chi connectivity index (χ2v) is 5.22. The van der Waals surface area contributed by atoms with Crippen LogP contribution < -0.4 is 5.32 Å². The van der Waals surface area contributed by atoms with Gasteiger partial charge in [-0.2, -0.15) is 0 Å². The SMILES string of the molecule is CCCNC(C)c1cccnc1Sc1nnnn1C. The van der Waals surface area contributed by atoms with E-state index in [2.05, 4.69) is 45.7 Å². The number of aryl methyl sites for hydroxylation is 1. The van der Waals surface area contributed by atoms with E-state index in [0.29, 0.717) is 0 Å². The van der Waals surface area contributed by atoms with Gasteiger partial charge in [0.1, 0.15) is 5.03 Å². The van der Waals surface area contributed by atoms with E-state index in [1.807, 2.05) is 13.1 Å².